The molecule has 17 heavy (non-hydrogen) atoms. The van der Waals surface area contributed by atoms with E-state index in [9.17, 15) is 0 Å². The number of rotatable bonds is 3. The predicted octanol–water partition coefficient (Wildman–Crippen LogP) is 0.519. The Balaban J connectivity index is 2.04. The molecule has 2 rings (SSSR count). The average Bonchev–Trinajstić information content (AvgIpc) is 2.71. The van der Waals surface area contributed by atoms with E-state index in [-0.39, 0.29) is 11.6 Å². The lowest BCUT2D eigenvalue weighted by Crippen LogP contribution is -2.61. The molecular formula is C13H27N3O. The second-order valence-corrected chi connectivity index (χ2v) is 5.72. The number of ether oxygens (including phenoxy) is 1. The SMILES string of the molecule is CC1OCCC1(CN)N(C)C1CCN(C)CC1. The third kappa shape index (κ3) is 2.36. The van der Waals surface area contributed by atoms with Gasteiger partial charge in [-0.15, -0.1) is 0 Å². The fourth-order valence-electron chi connectivity index (χ4n) is 3.39. The van der Waals surface area contributed by atoms with Crippen LogP contribution in [0.15, 0.2) is 0 Å². The van der Waals surface area contributed by atoms with Crippen LogP contribution < -0.4 is 5.73 Å². The highest BCUT2D eigenvalue weighted by molar-refractivity contribution is 5.01. The molecule has 0 amide bonds. The summed E-state index contributed by atoms with van der Waals surface area (Å²) < 4.78 is 5.76. The lowest BCUT2D eigenvalue weighted by atomic mass is 9.87. The third-order valence-electron chi connectivity index (χ3n) is 4.95. The minimum absolute atomic E-state index is 0.0700. The van der Waals surface area contributed by atoms with Crippen molar-refractivity contribution in [2.45, 2.75) is 43.9 Å². The van der Waals surface area contributed by atoms with Crippen molar-refractivity contribution in [3.05, 3.63) is 0 Å². The van der Waals surface area contributed by atoms with Crippen molar-refractivity contribution in [3.63, 3.8) is 0 Å². The topological polar surface area (TPSA) is 41.7 Å². The standard InChI is InChI=1S/C13H27N3O/c1-11-13(10-14,6-9-17-11)16(3)12-4-7-15(2)8-5-12/h11-12H,4-10,14H2,1-3H3. The summed E-state index contributed by atoms with van der Waals surface area (Å²) in [6, 6.07) is 0.666. The van der Waals surface area contributed by atoms with Gasteiger partial charge in [-0.3, -0.25) is 4.90 Å². The zero-order valence-corrected chi connectivity index (χ0v) is 11.5. The van der Waals surface area contributed by atoms with Crippen LogP contribution in [0, 0.1) is 0 Å². The van der Waals surface area contributed by atoms with Gasteiger partial charge in [0.15, 0.2) is 0 Å². The Morgan fingerprint density at radius 3 is 2.53 bits per heavy atom. The molecule has 0 radical (unpaired) electrons. The molecule has 2 heterocycles. The van der Waals surface area contributed by atoms with Crippen LogP contribution in [0.3, 0.4) is 0 Å². The highest BCUT2D eigenvalue weighted by Gasteiger charge is 2.46. The summed E-state index contributed by atoms with van der Waals surface area (Å²) >= 11 is 0. The van der Waals surface area contributed by atoms with E-state index in [1.807, 2.05) is 0 Å². The van der Waals surface area contributed by atoms with E-state index in [1.54, 1.807) is 0 Å². The zero-order chi connectivity index (χ0) is 12.5. The van der Waals surface area contributed by atoms with Crippen LogP contribution in [0.4, 0.5) is 0 Å². The monoisotopic (exact) mass is 241 g/mol. The number of hydrogen-bond acceptors (Lipinski definition) is 4. The number of piperidine rings is 1. The van der Waals surface area contributed by atoms with Gasteiger partial charge in [0.25, 0.3) is 0 Å². The Hall–Kier alpha value is -0.160. The Morgan fingerprint density at radius 2 is 2.06 bits per heavy atom. The molecule has 0 aromatic heterocycles. The van der Waals surface area contributed by atoms with E-state index in [4.69, 9.17) is 10.5 Å². The summed E-state index contributed by atoms with van der Waals surface area (Å²) in [5.74, 6) is 0. The normalized spacial score (nSPS) is 36.9. The van der Waals surface area contributed by atoms with Crippen molar-refractivity contribution in [2.75, 3.05) is 40.3 Å². The first kappa shape index (κ1) is 13.3. The maximum absolute atomic E-state index is 6.06. The summed E-state index contributed by atoms with van der Waals surface area (Å²) in [5.41, 5.74) is 6.13. The van der Waals surface area contributed by atoms with Crippen molar-refractivity contribution < 1.29 is 4.74 Å². The fourth-order valence-corrected chi connectivity index (χ4v) is 3.39. The summed E-state index contributed by atoms with van der Waals surface area (Å²) in [6.07, 6.45) is 3.84. The predicted molar refractivity (Wildman–Crippen MR) is 70.1 cm³/mol. The van der Waals surface area contributed by atoms with Crippen molar-refractivity contribution in [1.29, 1.82) is 0 Å². The highest BCUT2D eigenvalue weighted by Crippen LogP contribution is 2.33. The molecule has 4 heteroatoms. The molecule has 4 nitrogen and oxygen atoms in total. The van der Waals surface area contributed by atoms with Gasteiger partial charge in [-0.2, -0.15) is 0 Å². The number of likely N-dealkylation sites (tertiary alicyclic amines) is 1. The van der Waals surface area contributed by atoms with E-state index in [1.165, 1.54) is 25.9 Å². The Labute approximate surface area is 105 Å². The average molecular weight is 241 g/mol. The second kappa shape index (κ2) is 5.22. The van der Waals surface area contributed by atoms with E-state index in [0.29, 0.717) is 12.6 Å². The minimum atomic E-state index is 0.0700. The molecule has 2 saturated heterocycles. The van der Waals surface area contributed by atoms with Crippen LogP contribution in [0.5, 0.6) is 0 Å². The maximum Gasteiger partial charge on any atom is 0.0743 e. The van der Waals surface area contributed by atoms with Crippen molar-refractivity contribution in [1.82, 2.24) is 9.80 Å². The molecule has 0 spiro atoms. The van der Waals surface area contributed by atoms with Gasteiger partial charge in [0.05, 0.1) is 11.6 Å². The minimum Gasteiger partial charge on any atom is -0.376 e. The van der Waals surface area contributed by atoms with E-state index < -0.39 is 0 Å². The molecular weight excluding hydrogens is 214 g/mol. The van der Waals surface area contributed by atoms with E-state index in [2.05, 4.69) is 30.8 Å². The zero-order valence-electron chi connectivity index (χ0n) is 11.5. The first-order chi connectivity index (χ1) is 8.10. The Bertz CT molecular complexity index is 253. The molecule has 2 N–H and O–H groups in total. The van der Waals surface area contributed by atoms with Gasteiger partial charge in [-0.05, 0) is 53.4 Å². The Morgan fingerprint density at radius 1 is 1.41 bits per heavy atom. The molecule has 2 aliphatic heterocycles. The molecule has 100 valence electrons. The fraction of sp³-hybridized carbons (Fsp3) is 1.00. The maximum atomic E-state index is 6.06. The van der Waals surface area contributed by atoms with Gasteiger partial charge < -0.3 is 15.4 Å². The smallest absolute Gasteiger partial charge is 0.0743 e. The molecule has 0 aliphatic carbocycles. The number of hydrogen-bond donors (Lipinski definition) is 1. The lowest BCUT2D eigenvalue weighted by Gasteiger charge is -2.46. The van der Waals surface area contributed by atoms with Gasteiger partial charge >= 0.3 is 0 Å². The third-order valence-corrected chi connectivity index (χ3v) is 4.95. The first-order valence-electron chi connectivity index (χ1n) is 6.83. The van der Waals surface area contributed by atoms with Gasteiger partial charge in [-0.25, -0.2) is 0 Å². The van der Waals surface area contributed by atoms with Gasteiger partial charge in [0, 0.05) is 19.2 Å². The highest BCUT2D eigenvalue weighted by atomic mass is 16.5. The second-order valence-electron chi connectivity index (χ2n) is 5.72. The first-order valence-corrected chi connectivity index (χ1v) is 6.83. The van der Waals surface area contributed by atoms with Crippen molar-refractivity contribution in [2.24, 2.45) is 5.73 Å². The quantitative estimate of drug-likeness (QED) is 0.782. The molecule has 0 saturated carbocycles. The molecule has 0 aromatic rings. The summed E-state index contributed by atoms with van der Waals surface area (Å²) in [4.78, 5) is 4.94. The number of nitrogens with two attached hydrogens (primary N) is 1. The van der Waals surface area contributed by atoms with Gasteiger partial charge in [-0.1, -0.05) is 0 Å². The van der Waals surface area contributed by atoms with Crippen molar-refractivity contribution >= 4 is 0 Å². The van der Waals surface area contributed by atoms with Crippen LogP contribution in [0.2, 0.25) is 0 Å². The van der Waals surface area contributed by atoms with E-state index >= 15 is 0 Å². The van der Waals surface area contributed by atoms with Crippen LogP contribution >= 0.6 is 0 Å². The van der Waals surface area contributed by atoms with Crippen molar-refractivity contribution in [3.8, 4) is 0 Å². The molecule has 2 unspecified atom stereocenters. The molecule has 2 atom stereocenters. The molecule has 2 fully saturated rings. The van der Waals surface area contributed by atoms with Gasteiger partial charge in [0.1, 0.15) is 0 Å². The van der Waals surface area contributed by atoms with E-state index in [0.717, 1.165) is 13.0 Å². The molecule has 0 aromatic carbocycles. The summed E-state index contributed by atoms with van der Waals surface area (Å²) in [5, 5.41) is 0. The molecule has 2 aliphatic rings. The lowest BCUT2D eigenvalue weighted by molar-refractivity contribution is -0.00812. The molecule has 0 bridgehead atoms. The number of nitrogens with zero attached hydrogens (tertiary/aromatic N) is 2. The number of likely N-dealkylation sites (N-methyl/N-ethyl adjacent to an activating group) is 1. The van der Waals surface area contributed by atoms with Crippen LogP contribution in [-0.2, 0) is 4.74 Å². The Kier molecular flexibility index (Phi) is 4.08. The summed E-state index contributed by atoms with van der Waals surface area (Å²) in [7, 11) is 4.45. The van der Waals surface area contributed by atoms with Crippen LogP contribution in [0.1, 0.15) is 26.2 Å². The van der Waals surface area contributed by atoms with Gasteiger partial charge in [0.2, 0.25) is 0 Å². The van der Waals surface area contributed by atoms with Crippen LogP contribution in [0.25, 0.3) is 0 Å². The largest absolute Gasteiger partial charge is 0.376 e. The summed E-state index contributed by atoms with van der Waals surface area (Å²) in [6.45, 7) is 6.13. The van der Waals surface area contributed by atoms with Crippen LogP contribution in [-0.4, -0.2) is 67.8 Å².